The first-order chi connectivity index (χ1) is 14.2. The number of thioether (sulfide) groups is 1. The number of hydrogen-bond donors (Lipinski definition) is 1. The minimum absolute atomic E-state index is 0.0194. The van der Waals surface area contributed by atoms with Gasteiger partial charge in [0.15, 0.2) is 5.78 Å². The van der Waals surface area contributed by atoms with E-state index < -0.39 is 0 Å². The van der Waals surface area contributed by atoms with E-state index in [4.69, 9.17) is 0 Å². The molecule has 0 saturated carbocycles. The summed E-state index contributed by atoms with van der Waals surface area (Å²) in [7, 11) is 0. The summed E-state index contributed by atoms with van der Waals surface area (Å²) in [5.74, 6) is 0.488. The van der Waals surface area contributed by atoms with Crippen molar-refractivity contribution < 1.29 is 4.79 Å². The van der Waals surface area contributed by atoms with E-state index in [1.807, 2.05) is 6.07 Å². The molecule has 1 heterocycles. The van der Waals surface area contributed by atoms with E-state index in [0.717, 1.165) is 23.4 Å². The number of carbonyl (C=O) groups excluding carboxylic acids is 1. The third-order valence-electron chi connectivity index (χ3n) is 5.84. The highest BCUT2D eigenvalue weighted by atomic mass is 32.2. The molecule has 2 aliphatic rings. The Morgan fingerprint density at radius 1 is 0.828 bits per heavy atom. The summed E-state index contributed by atoms with van der Waals surface area (Å²) in [4.78, 5) is 14.6. The highest BCUT2D eigenvalue weighted by Crippen LogP contribution is 2.51. The van der Waals surface area contributed by atoms with Crippen LogP contribution in [0.2, 0.25) is 0 Å². The van der Waals surface area contributed by atoms with Gasteiger partial charge in [0.2, 0.25) is 0 Å². The van der Waals surface area contributed by atoms with E-state index in [9.17, 15) is 4.79 Å². The van der Waals surface area contributed by atoms with Crippen LogP contribution in [0, 0.1) is 6.92 Å². The summed E-state index contributed by atoms with van der Waals surface area (Å²) in [6.07, 6.45) is 1.44. The Balaban J connectivity index is 1.61. The summed E-state index contributed by atoms with van der Waals surface area (Å²) in [5, 5.41) is 3.66. The molecule has 0 radical (unpaired) electrons. The number of nitrogens with one attached hydrogen (secondary N) is 1. The van der Waals surface area contributed by atoms with Gasteiger partial charge in [-0.25, -0.2) is 0 Å². The van der Waals surface area contributed by atoms with Gasteiger partial charge in [-0.1, -0.05) is 72.3 Å². The average Bonchev–Trinajstić information content (AvgIpc) is 2.92. The lowest BCUT2D eigenvalue weighted by Gasteiger charge is -2.29. The summed E-state index contributed by atoms with van der Waals surface area (Å²) in [6.45, 7) is 2.10. The van der Waals surface area contributed by atoms with Crippen molar-refractivity contribution in [2.75, 3.05) is 5.32 Å². The number of ketones is 1. The summed E-state index contributed by atoms with van der Waals surface area (Å²) in [5.41, 5.74) is 6.80. The van der Waals surface area contributed by atoms with E-state index in [2.05, 4.69) is 85.0 Å². The maximum absolute atomic E-state index is 13.5. The van der Waals surface area contributed by atoms with Crippen LogP contribution in [0.15, 0.2) is 95.0 Å². The molecule has 1 N–H and O–H groups in total. The molecule has 1 aliphatic carbocycles. The summed E-state index contributed by atoms with van der Waals surface area (Å²) >= 11 is 1.78. The molecule has 1 aliphatic heterocycles. The molecule has 0 unspecified atom stereocenters. The van der Waals surface area contributed by atoms with Gasteiger partial charge in [0.25, 0.3) is 0 Å². The molecule has 5 rings (SSSR count). The van der Waals surface area contributed by atoms with Gasteiger partial charge in [0, 0.05) is 22.6 Å². The van der Waals surface area contributed by atoms with Crippen LogP contribution in [0.25, 0.3) is 0 Å². The summed E-state index contributed by atoms with van der Waals surface area (Å²) < 4.78 is 0. The van der Waals surface area contributed by atoms with Crippen molar-refractivity contribution in [3.05, 3.63) is 107 Å². The third-order valence-corrected chi connectivity index (χ3v) is 7.19. The monoisotopic (exact) mass is 397 g/mol. The zero-order valence-corrected chi connectivity index (χ0v) is 17.2. The predicted octanol–water partition coefficient (Wildman–Crippen LogP) is 6.65. The van der Waals surface area contributed by atoms with Crippen molar-refractivity contribution >= 4 is 23.2 Å². The van der Waals surface area contributed by atoms with Gasteiger partial charge in [-0.3, -0.25) is 4.79 Å². The second kappa shape index (κ2) is 7.57. The van der Waals surface area contributed by atoms with Crippen LogP contribution in [0.4, 0.5) is 5.69 Å². The molecule has 3 aromatic carbocycles. The van der Waals surface area contributed by atoms with Gasteiger partial charge in [0.05, 0.1) is 10.9 Å². The normalized spacial score (nSPS) is 21.1. The lowest BCUT2D eigenvalue weighted by atomic mass is 9.80. The Morgan fingerprint density at radius 2 is 1.55 bits per heavy atom. The fraction of sp³-hybridized carbons (Fsp3) is 0.192. The Labute approximate surface area is 176 Å². The van der Waals surface area contributed by atoms with Crippen LogP contribution < -0.4 is 5.32 Å². The molecule has 29 heavy (non-hydrogen) atoms. The first-order valence-electron chi connectivity index (χ1n) is 10.1. The average molecular weight is 398 g/mol. The van der Waals surface area contributed by atoms with Crippen LogP contribution in [-0.4, -0.2) is 5.78 Å². The third kappa shape index (κ3) is 3.51. The second-order valence-electron chi connectivity index (χ2n) is 7.86. The number of benzene rings is 3. The molecule has 0 saturated heterocycles. The topological polar surface area (TPSA) is 29.1 Å². The molecule has 0 aromatic heterocycles. The molecule has 0 amide bonds. The van der Waals surface area contributed by atoms with Crippen molar-refractivity contribution in [1.29, 1.82) is 0 Å². The minimum Gasteiger partial charge on any atom is -0.358 e. The van der Waals surface area contributed by atoms with Crippen molar-refractivity contribution in [3.8, 4) is 0 Å². The van der Waals surface area contributed by atoms with Gasteiger partial charge >= 0.3 is 0 Å². The van der Waals surface area contributed by atoms with Crippen molar-refractivity contribution in [2.45, 2.75) is 35.8 Å². The number of aryl methyl sites for hydroxylation is 1. The smallest absolute Gasteiger partial charge is 0.162 e. The molecule has 2 atom stereocenters. The highest BCUT2D eigenvalue weighted by molar-refractivity contribution is 8.00. The Hall–Kier alpha value is -2.78. The number of allylic oxidation sites excluding steroid dienone is 1. The predicted molar refractivity (Wildman–Crippen MR) is 120 cm³/mol. The number of rotatable bonds is 2. The Bertz CT molecular complexity index is 1090. The van der Waals surface area contributed by atoms with E-state index in [1.54, 1.807) is 11.8 Å². The van der Waals surface area contributed by atoms with Crippen LogP contribution in [-0.2, 0) is 4.79 Å². The molecule has 0 bridgehead atoms. The molecule has 144 valence electrons. The fourth-order valence-electron chi connectivity index (χ4n) is 4.31. The van der Waals surface area contributed by atoms with E-state index >= 15 is 0 Å². The molecular formula is C26H23NOS. The van der Waals surface area contributed by atoms with Gasteiger partial charge in [-0.2, -0.15) is 0 Å². The van der Waals surface area contributed by atoms with Gasteiger partial charge < -0.3 is 5.32 Å². The second-order valence-corrected chi connectivity index (χ2v) is 9.01. The molecule has 3 aromatic rings. The number of carbonyl (C=O) groups is 1. The van der Waals surface area contributed by atoms with Gasteiger partial charge in [-0.15, -0.1) is 11.8 Å². The SMILES string of the molecule is Cc1ccc([C@@H]2Sc3ccccc3NC3=C2C(=O)C[C@@H](c2ccccc2)C3)cc1. The van der Waals surface area contributed by atoms with Crippen molar-refractivity contribution in [2.24, 2.45) is 0 Å². The minimum atomic E-state index is 0.0194. The first kappa shape index (κ1) is 18.3. The lowest BCUT2D eigenvalue weighted by Crippen LogP contribution is -2.23. The Morgan fingerprint density at radius 3 is 2.34 bits per heavy atom. The fourth-order valence-corrected chi connectivity index (χ4v) is 5.65. The standard InChI is InChI=1S/C26H23NOS/c1-17-11-13-19(14-12-17)26-25-22(27-21-9-5-6-10-24(21)29-26)15-20(16-23(25)28)18-7-3-2-4-8-18/h2-14,20,26-27H,15-16H2,1H3/t20-,26-/m0/s1. The molecule has 3 heteroatoms. The maximum Gasteiger partial charge on any atom is 0.162 e. The molecule has 0 fully saturated rings. The van der Waals surface area contributed by atoms with E-state index in [0.29, 0.717) is 6.42 Å². The molecular weight excluding hydrogens is 374 g/mol. The van der Waals surface area contributed by atoms with Crippen molar-refractivity contribution in [1.82, 2.24) is 0 Å². The molecule has 0 spiro atoms. The van der Waals surface area contributed by atoms with Crippen LogP contribution >= 0.6 is 11.8 Å². The highest BCUT2D eigenvalue weighted by Gasteiger charge is 2.36. The molecule has 2 nitrogen and oxygen atoms in total. The summed E-state index contributed by atoms with van der Waals surface area (Å²) in [6, 6.07) is 27.4. The quantitative estimate of drug-likeness (QED) is 0.524. The number of anilines is 1. The van der Waals surface area contributed by atoms with Crippen molar-refractivity contribution in [3.63, 3.8) is 0 Å². The zero-order chi connectivity index (χ0) is 19.8. The zero-order valence-electron chi connectivity index (χ0n) is 16.4. The number of Topliss-reactive ketones (excluding diaryl/α,β-unsaturated/α-hetero) is 1. The largest absolute Gasteiger partial charge is 0.358 e. The Kier molecular flexibility index (Phi) is 4.76. The van der Waals surface area contributed by atoms with Gasteiger partial charge in [-0.05, 0) is 42.5 Å². The maximum atomic E-state index is 13.5. The van der Waals surface area contributed by atoms with Gasteiger partial charge in [0.1, 0.15) is 0 Å². The van der Waals surface area contributed by atoms with E-state index in [1.165, 1.54) is 21.6 Å². The van der Waals surface area contributed by atoms with Crippen LogP contribution in [0.1, 0.15) is 40.7 Å². The number of hydrogen-bond acceptors (Lipinski definition) is 3. The van der Waals surface area contributed by atoms with E-state index in [-0.39, 0.29) is 17.0 Å². The lowest BCUT2D eigenvalue weighted by molar-refractivity contribution is -0.116. The van der Waals surface area contributed by atoms with Crippen LogP contribution in [0.5, 0.6) is 0 Å². The van der Waals surface area contributed by atoms with Crippen LogP contribution in [0.3, 0.4) is 0 Å². The number of fused-ring (bicyclic) bond motifs is 1. The number of para-hydroxylation sites is 1. The first-order valence-corrected chi connectivity index (χ1v) is 11.0.